The molecule has 0 N–H and O–H groups in total. The van der Waals surface area contributed by atoms with Gasteiger partial charge in [0, 0.05) is 11.8 Å². The Labute approximate surface area is 148 Å². The number of hydrogen-bond acceptors (Lipinski definition) is 3. The van der Waals surface area contributed by atoms with Gasteiger partial charge in [-0.15, -0.1) is 0 Å². The molecule has 2 aromatic carbocycles. The van der Waals surface area contributed by atoms with Crippen LogP contribution in [0.4, 0.5) is 17.6 Å². The van der Waals surface area contributed by atoms with Gasteiger partial charge in [0.15, 0.2) is 34.8 Å². The number of rotatable bonds is 6. The van der Waals surface area contributed by atoms with E-state index in [2.05, 4.69) is 9.47 Å². The van der Waals surface area contributed by atoms with Crippen LogP contribution in [0.3, 0.4) is 0 Å². The summed E-state index contributed by atoms with van der Waals surface area (Å²) < 4.78 is 64.6. The minimum atomic E-state index is -0.934. The molecule has 0 aliphatic rings. The largest absolute Gasteiger partial charge is 0.491 e. The highest BCUT2D eigenvalue weighted by Crippen LogP contribution is 2.32. The summed E-state index contributed by atoms with van der Waals surface area (Å²) in [6.07, 6.45) is 0. The highest BCUT2D eigenvalue weighted by atomic mass is 19.1. The Kier molecular flexibility index (Phi) is 5.90. The molecular formula is C19H18F4O3. The quantitative estimate of drug-likeness (QED) is 0.690. The molecule has 0 bridgehead atoms. The molecule has 2 rings (SSSR count). The number of ether oxygens (including phenoxy) is 2. The third-order valence-corrected chi connectivity index (χ3v) is 4.30. The first kappa shape index (κ1) is 19.8. The predicted molar refractivity (Wildman–Crippen MR) is 87.7 cm³/mol. The highest BCUT2D eigenvalue weighted by molar-refractivity contribution is 5.91. The second kappa shape index (κ2) is 7.76. The van der Waals surface area contributed by atoms with Gasteiger partial charge in [0.25, 0.3) is 0 Å². The molecule has 0 saturated carbocycles. The fourth-order valence-corrected chi connectivity index (χ4v) is 2.75. The first-order valence-corrected chi connectivity index (χ1v) is 7.80. The molecule has 0 heterocycles. The topological polar surface area (TPSA) is 35.5 Å². The Morgan fingerprint density at radius 2 is 1.00 bits per heavy atom. The van der Waals surface area contributed by atoms with E-state index in [9.17, 15) is 22.4 Å². The molecule has 0 radical (unpaired) electrons. The lowest BCUT2D eigenvalue weighted by Gasteiger charge is -2.18. The Hall–Kier alpha value is -2.57. The standard InChI is InChI=1S/C19H18F4O3/c1-9(11-5-13(20)18(25-3)14(21)6-11)17(24)10(2)12-7-15(22)19(26-4)16(23)8-12/h5-10H,1-4H3. The second-order valence-electron chi connectivity index (χ2n) is 5.88. The van der Waals surface area contributed by atoms with Crippen molar-refractivity contribution in [2.24, 2.45) is 0 Å². The maximum absolute atomic E-state index is 13.9. The van der Waals surface area contributed by atoms with E-state index in [0.717, 1.165) is 38.5 Å². The summed E-state index contributed by atoms with van der Waals surface area (Å²) in [5.41, 5.74) is 0.208. The Morgan fingerprint density at radius 1 is 0.731 bits per heavy atom. The van der Waals surface area contributed by atoms with Gasteiger partial charge < -0.3 is 9.47 Å². The Bertz CT molecular complexity index is 722. The molecule has 0 aliphatic carbocycles. The van der Waals surface area contributed by atoms with Crippen LogP contribution in [-0.2, 0) is 4.79 Å². The first-order valence-electron chi connectivity index (χ1n) is 7.80. The van der Waals surface area contributed by atoms with Gasteiger partial charge in [-0.1, -0.05) is 13.8 Å². The molecule has 140 valence electrons. The Morgan fingerprint density at radius 3 is 1.23 bits per heavy atom. The van der Waals surface area contributed by atoms with Gasteiger partial charge in [0.2, 0.25) is 0 Å². The SMILES string of the molecule is COc1c(F)cc(C(C)C(=O)C(C)c2cc(F)c(OC)c(F)c2)cc1F. The second-order valence-corrected chi connectivity index (χ2v) is 5.88. The lowest BCUT2D eigenvalue weighted by Crippen LogP contribution is -2.17. The van der Waals surface area contributed by atoms with Crippen LogP contribution in [0.1, 0.15) is 36.8 Å². The van der Waals surface area contributed by atoms with Crippen molar-refractivity contribution >= 4 is 5.78 Å². The molecule has 2 unspecified atom stereocenters. The number of halogens is 4. The number of benzene rings is 2. The molecule has 7 heteroatoms. The van der Waals surface area contributed by atoms with Crippen molar-refractivity contribution in [2.45, 2.75) is 25.7 Å². The van der Waals surface area contributed by atoms with E-state index in [1.165, 1.54) is 13.8 Å². The number of Topliss-reactive ketones (excluding diaryl/α,β-unsaturated/α-hetero) is 1. The lowest BCUT2D eigenvalue weighted by atomic mass is 9.85. The molecule has 0 aromatic heterocycles. The fourth-order valence-electron chi connectivity index (χ4n) is 2.75. The molecule has 26 heavy (non-hydrogen) atoms. The summed E-state index contributed by atoms with van der Waals surface area (Å²) >= 11 is 0. The molecule has 0 aliphatic heterocycles. The summed E-state index contributed by atoms with van der Waals surface area (Å²) in [5, 5.41) is 0. The average molecular weight is 370 g/mol. The zero-order chi connectivity index (χ0) is 19.6. The van der Waals surface area contributed by atoms with Crippen LogP contribution in [0.5, 0.6) is 11.5 Å². The minimum absolute atomic E-state index is 0.104. The zero-order valence-corrected chi connectivity index (χ0v) is 14.7. The third-order valence-electron chi connectivity index (χ3n) is 4.30. The average Bonchev–Trinajstić information content (AvgIpc) is 2.59. The van der Waals surface area contributed by atoms with Gasteiger partial charge in [0.1, 0.15) is 5.78 Å². The van der Waals surface area contributed by atoms with Crippen molar-refractivity contribution in [2.75, 3.05) is 14.2 Å². The van der Waals surface area contributed by atoms with Crippen molar-refractivity contribution in [3.05, 3.63) is 58.7 Å². The maximum atomic E-state index is 13.9. The van der Waals surface area contributed by atoms with Crippen LogP contribution in [-0.4, -0.2) is 20.0 Å². The highest BCUT2D eigenvalue weighted by Gasteiger charge is 2.26. The predicted octanol–water partition coefficient (Wildman–Crippen LogP) is 4.74. The zero-order valence-electron chi connectivity index (χ0n) is 14.7. The first-order chi connectivity index (χ1) is 12.2. The number of carbonyl (C=O) groups is 1. The molecule has 0 amide bonds. The Balaban J connectivity index is 2.33. The summed E-state index contributed by atoms with van der Waals surface area (Å²) in [6, 6.07) is 4.03. The number of carbonyl (C=O) groups excluding carboxylic acids is 1. The van der Waals surface area contributed by atoms with Crippen LogP contribution in [0.25, 0.3) is 0 Å². The molecule has 2 atom stereocenters. The van der Waals surface area contributed by atoms with Gasteiger partial charge in [-0.25, -0.2) is 17.6 Å². The number of methoxy groups -OCH3 is 2. The van der Waals surface area contributed by atoms with E-state index in [4.69, 9.17) is 0 Å². The van der Waals surface area contributed by atoms with Gasteiger partial charge >= 0.3 is 0 Å². The monoisotopic (exact) mass is 370 g/mol. The van der Waals surface area contributed by atoms with E-state index in [1.54, 1.807) is 0 Å². The molecule has 0 saturated heterocycles. The van der Waals surface area contributed by atoms with E-state index in [-0.39, 0.29) is 11.1 Å². The van der Waals surface area contributed by atoms with Gasteiger partial charge in [-0.3, -0.25) is 4.79 Å². The van der Waals surface area contributed by atoms with Crippen LogP contribution in [0.2, 0.25) is 0 Å². The van der Waals surface area contributed by atoms with E-state index < -0.39 is 52.4 Å². The maximum Gasteiger partial charge on any atom is 0.190 e. The van der Waals surface area contributed by atoms with Crippen LogP contribution < -0.4 is 9.47 Å². The summed E-state index contributed by atoms with van der Waals surface area (Å²) in [6.45, 7) is 2.94. The van der Waals surface area contributed by atoms with Crippen LogP contribution in [0, 0.1) is 23.3 Å². The van der Waals surface area contributed by atoms with Crippen molar-refractivity contribution in [3.63, 3.8) is 0 Å². The number of hydrogen-bond donors (Lipinski definition) is 0. The minimum Gasteiger partial charge on any atom is -0.491 e. The van der Waals surface area contributed by atoms with Gasteiger partial charge in [0.05, 0.1) is 14.2 Å². The lowest BCUT2D eigenvalue weighted by molar-refractivity contribution is -0.121. The van der Waals surface area contributed by atoms with Crippen molar-refractivity contribution in [3.8, 4) is 11.5 Å². The smallest absolute Gasteiger partial charge is 0.190 e. The summed E-state index contributed by atoms with van der Waals surface area (Å²) in [5.74, 6) is -7.05. The molecule has 3 nitrogen and oxygen atoms in total. The van der Waals surface area contributed by atoms with Crippen molar-refractivity contribution in [1.29, 1.82) is 0 Å². The van der Waals surface area contributed by atoms with Gasteiger partial charge in [-0.05, 0) is 35.4 Å². The normalized spacial score (nSPS) is 13.2. The molecule has 2 aromatic rings. The molecule has 0 spiro atoms. The van der Waals surface area contributed by atoms with Crippen LogP contribution >= 0.6 is 0 Å². The van der Waals surface area contributed by atoms with Crippen molar-refractivity contribution in [1.82, 2.24) is 0 Å². The molecule has 0 fully saturated rings. The fraction of sp³-hybridized carbons (Fsp3) is 0.316. The van der Waals surface area contributed by atoms with E-state index in [0.29, 0.717) is 0 Å². The van der Waals surface area contributed by atoms with E-state index in [1.807, 2.05) is 0 Å². The third kappa shape index (κ3) is 3.66. The number of ketones is 1. The molecular weight excluding hydrogens is 352 g/mol. The van der Waals surface area contributed by atoms with E-state index >= 15 is 0 Å². The van der Waals surface area contributed by atoms with Crippen molar-refractivity contribution < 1.29 is 31.8 Å². The summed E-state index contributed by atoms with van der Waals surface area (Å²) in [4.78, 5) is 12.6. The van der Waals surface area contributed by atoms with Crippen LogP contribution in [0.15, 0.2) is 24.3 Å². The summed E-state index contributed by atoms with van der Waals surface area (Å²) in [7, 11) is 2.26. The van der Waals surface area contributed by atoms with Gasteiger partial charge in [-0.2, -0.15) is 0 Å².